The van der Waals surface area contributed by atoms with Gasteiger partial charge in [-0.25, -0.2) is 4.68 Å². The molecular weight excluding hydrogens is 423 g/mol. The molecule has 0 spiro atoms. The fraction of sp³-hybridized carbons (Fsp3) is 0.562. The highest BCUT2D eigenvalue weighted by atomic mass is 127. The van der Waals surface area contributed by atoms with Crippen LogP contribution in [0.5, 0.6) is 0 Å². The maximum Gasteiger partial charge on any atom is 0.203 e. The molecule has 0 aliphatic heterocycles. The molecule has 0 fully saturated rings. The summed E-state index contributed by atoms with van der Waals surface area (Å²) < 4.78 is 20.1. The van der Waals surface area contributed by atoms with Crippen LogP contribution < -0.4 is 0 Å². The summed E-state index contributed by atoms with van der Waals surface area (Å²) >= 11 is 2.33. The third-order valence-electron chi connectivity index (χ3n) is 3.65. The molecule has 0 aliphatic carbocycles. The number of rotatable bonds is 7. The molecule has 7 heteroatoms. The van der Waals surface area contributed by atoms with Crippen molar-refractivity contribution in [2.24, 2.45) is 0 Å². The van der Waals surface area contributed by atoms with Gasteiger partial charge in [0.25, 0.3) is 0 Å². The Morgan fingerprint density at radius 1 is 1.22 bits per heavy atom. The van der Waals surface area contributed by atoms with Gasteiger partial charge >= 0.3 is 0 Å². The van der Waals surface area contributed by atoms with Crippen molar-refractivity contribution in [3.63, 3.8) is 0 Å². The fourth-order valence-corrected chi connectivity index (χ4v) is 5.04. The third-order valence-corrected chi connectivity index (χ3v) is 6.44. The van der Waals surface area contributed by atoms with Gasteiger partial charge in [0.05, 0.1) is 5.52 Å². The summed E-state index contributed by atoms with van der Waals surface area (Å²) in [5.41, 5.74) is 1.87. The van der Waals surface area contributed by atoms with Crippen molar-refractivity contribution in [2.75, 3.05) is 20.8 Å². The van der Waals surface area contributed by atoms with Crippen LogP contribution in [0, 0.1) is 3.57 Å². The van der Waals surface area contributed by atoms with Gasteiger partial charge in [-0.1, -0.05) is 25.7 Å². The Morgan fingerprint density at radius 3 is 2.39 bits per heavy atom. The minimum atomic E-state index is -1.63. The number of nitrogens with zero attached hydrogens (tertiary/aromatic N) is 2. The quantitative estimate of drug-likeness (QED) is 0.359. The number of benzene rings is 1. The fourth-order valence-electron chi connectivity index (χ4n) is 2.69. The minimum absolute atomic E-state index is 0.0312. The van der Waals surface area contributed by atoms with Crippen molar-refractivity contribution in [3.05, 3.63) is 27.5 Å². The van der Waals surface area contributed by atoms with Gasteiger partial charge < -0.3 is 14.2 Å². The van der Waals surface area contributed by atoms with Gasteiger partial charge in [-0.2, -0.15) is 5.10 Å². The number of aromatic nitrogens is 2. The van der Waals surface area contributed by atoms with Crippen molar-refractivity contribution in [1.29, 1.82) is 0 Å². The molecule has 128 valence electrons. The van der Waals surface area contributed by atoms with E-state index in [0.29, 0.717) is 6.61 Å². The van der Waals surface area contributed by atoms with Gasteiger partial charge in [-0.15, -0.1) is 0 Å². The summed E-state index contributed by atoms with van der Waals surface area (Å²) in [4.78, 5) is 0. The first kappa shape index (κ1) is 18.8. The van der Waals surface area contributed by atoms with Crippen molar-refractivity contribution in [3.8, 4) is 0 Å². The molecule has 0 aliphatic rings. The summed E-state index contributed by atoms with van der Waals surface area (Å²) in [6, 6.07) is 6.21. The molecule has 23 heavy (non-hydrogen) atoms. The predicted molar refractivity (Wildman–Crippen MR) is 103 cm³/mol. The van der Waals surface area contributed by atoms with Crippen molar-refractivity contribution in [2.45, 2.75) is 38.7 Å². The van der Waals surface area contributed by atoms with Gasteiger partial charge in [0.1, 0.15) is 19.6 Å². The lowest BCUT2D eigenvalue weighted by molar-refractivity contribution is -0.108. The average Bonchev–Trinajstić information content (AvgIpc) is 2.86. The molecule has 0 saturated carbocycles. The van der Waals surface area contributed by atoms with E-state index in [4.69, 9.17) is 19.3 Å². The van der Waals surface area contributed by atoms with E-state index >= 15 is 0 Å². The second-order valence-corrected chi connectivity index (χ2v) is 12.8. The predicted octanol–water partition coefficient (Wildman–Crippen LogP) is 4.34. The topological polar surface area (TPSA) is 45.5 Å². The molecule has 1 atom stereocenters. The first-order chi connectivity index (χ1) is 10.8. The first-order valence-corrected chi connectivity index (χ1v) is 12.3. The molecule has 1 aromatic carbocycles. The van der Waals surface area contributed by atoms with Crippen LogP contribution >= 0.6 is 22.6 Å². The monoisotopic (exact) mass is 448 g/mol. The molecular formula is C16H25IN2O3Si. The van der Waals surface area contributed by atoms with Crippen LogP contribution in [0.2, 0.25) is 19.6 Å². The Kier molecular flexibility index (Phi) is 6.23. The minimum Gasteiger partial charge on any atom is -0.360 e. The molecule has 1 heterocycles. The van der Waals surface area contributed by atoms with Crippen LogP contribution in [-0.4, -0.2) is 38.7 Å². The van der Waals surface area contributed by atoms with E-state index in [1.165, 1.54) is 0 Å². The van der Waals surface area contributed by atoms with Gasteiger partial charge in [0.2, 0.25) is 6.29 Å². The standard InChI is InChI=1S/C16H25IN2O3Si/c1-7-22-16(23(4,5)6)19-12-10-8-9-11(17)13(12)14(18-19)15(20-2)21-3/h8-10,15-16H,7H2,1-6H3. The zero-order valence-electron chi connectivity index (χ0n) is 14.6. The Morgan fingerprint density at radius 2 is 1.87 bits per heavy atom. The molecule has 0 bridgehead atoms. The maximum atomic E-state index is 6.08. The Bertz CT molecular complexity index is 665. The van der Waals surface area contributed by atoms with E-state index < -0.39 is 14.4 Å². The second kappa shape index (κ2) is 7.60. The van der Waals surface area contributed by atoms with Crippen LogP contribution in [0.15, 0.2) is 18.2 Å². The number of methoxy groups -OCH3 is 2. The molecule has 0 N–H and O–H groups in total. The number of fused-ring (bicyclic) bond motifs is 1. The lowest BCUT2D eigenvalue weighted by Gasteiger charge is -2.29. The second-order valence-electron chi connectivity index (χ2n) is 6.44. The SMILES string of the molecule is CCOC(n1nc(C(OC)OC)c2c(I)cccc21)[Si](C)(C)C. The Hall–Kier alpha value is -0.483. The summed E-state index contributed by atoms with van der Waals surface area (Å²) in [7, 11) is 1.63. The highest BCUT2D eigenvalue weighted by molar-refractivity contribution is 14.1. The summed E-state index contributed by atoms with van der Waals surface area (Å²) in [6.45, 7) is 9.56. The molecule has 2 aromatic rings. The number of hydrogen-bond donors (Lipinski definition) is 0. The van der Waals surface area contributed by atoms with Gasteiger partial charge in [0, 0.05) is 29.8 Å². The molecule has 0 radical (unpaired) electrons. The smallest absolute Gasteiger partial charge is 0.203 e. The Labute approximate surface area is 152 Å². The first-order valence-electron chi connectivity index (χ1n) is 7.69. The Balaban J connectivity index is 2.72. The normalized spacial score (nSPS) is 13.9. The lowest BCUT2D eigenvalue weighted by Crippen LogP contribution is -2.38. The molecule has 1 unspecified atom stereocenters. The highest BCUT2D eigenvalue weighted by Gasteiger charge is 2.33. The van der Waals surface area contributed by atoms with E-state index in [0.717, 1.165) is 20.2 Å². The maximum absolute atomic E-state index is 6.08. The van der Waals surface area contributed by atoms with Crippen LogP contribution in [-0.2, 0) is 14.2 Å². The molecule has 5 nitrogen and oxygen atoms in total. The zero-order valence-corrected chi connectivity index (χ0v) is 17.7. The van der Waals surface area contributed by atoms with E-state index in [-0.39, 0.29) is 5.85 Å². The van der Waals surface area contributed by atoms with E-state index in [1.807, 2.05) is 17.7 Å². The van der Waals surface area contributed by atoms with Crippen molar-refractivity contribution < 1.29 is 14.2 Å². The summed E-state index contributed by atoms with van der Waals surface area (Å²) in [5.74, 6) is -0.0312. The van der Waals surface area contributed by atoms with Crippen LogP contribution in [0.25, 0.3) is 10.9 Å². The number of halogens is 1. The largest absolute Gasteiger partial charge is 0.360 e. The lowest BCUT2D eigenvalue weighted by atomic mass is 10.2. The molecule has 2 rings (SSSR count). The molecule has 1 aromatic heterocycles. The van der Waals surface area contributed by atoms with Crippen LogP contribution in [0.3, 0.4) is 0 Å². The van der Waals surface area contributed by atoms with Crippen LogP contribution in [0.4, 0.5) is 0 Å². The zero-order chi connectivity index (χ0) is 17.2. The number of ether oxygens (including phenoxy) is 3. The van der Waals surface area contributed by atoms with E-state index in [9.17, 15) is 0 Å². The summed E-state index contributed by atoms with van der Waals surface area (Å²) in [6.07, 6.45) is -0.487. The third kappa shape index (κ3) is 3.79. The van der Waals surface area contributed by atoms with E-state index in [2.05, 4.69) is 54.4 Å². The van der Waals surface area contributed by atoms with E-state index in [1.54, 1.807) is 14.2 Å². The molecule has 0 amide bonds. The number of hydrogen-bond acceptors (Lipinski definition) is 4. The van der Waals surface area contributed by atoms with Gasteiger partial charge in [-0.3, -0.25) is 0 Å². The summed E-state index contributed by atoms with van der Waals surface area (Å²) in [5, 5.41) is 5.92. The highest BCUT2D eigenvalue weighted by Crippen LogP contribution is 2.34. The molecule has 0 saturated heterocycles. The van der Waals surface area contributed by atoms with Crippen molar-refractivity contribution >= 4 is 41.6 Å². The van der Waals surface area contributed by atoms with Crippen molar-refractivity contribution in [1.82, 2.24) is 9.78 Å². The van der Waals surface area contributed by atoms with Gasteiger partial charge in [-0.05, 0) is 41.6 Å². The van der Waals surface area contributed by atoms with Gasteiger partial charge in [0.15, 0.2) is 0 Å². The average molecular weight is 448 g/mol. The van der Waals surface area contributed by atoms with Crippen LogP contribution in [0.1, 0.15) is 24.8 Å².